The number of hydrogen-bond acceptors (Lipinski definition) is 3. The SMILES string of the molecule is CCCNC(Cc1ccccc1)c1cnccc1N. The van der Waals surface area contributed by atoms with Gasteiger partial charge in [-0.05, 0) is 31.0 Å². The monoisotopic (exact) mass is 255 g/mol. The number of nitrogens with one attached hydrogen (secondary N) is 1. The first-order chi connectivity index (χ1) is 9.31. The van der Waals surface area contributed by atoms with E-state index in [-0.39, 0.29) is 6.04 Å². The Morgan fingerprint density at radius 3 is 2.68 bits per heavy atom. The van der Waals surface area contributed by atoms with Crippen molar-refractivity contribution in [3.05, 3.63) is 59.9 Å². The summed E-state index contributed by atoms with van der Waals surface area (Å²) in [5, 5.41) is 3.56. The van der Waals surface area contributed by atoms with Gasteiger partial charge in [-0.3, -0.25) is 4.98 Å². The number of nitrogens with two attached hydrogens (primary N) is 1. The second-order valence-electron chi connectivity index (χ2n) is 4.70. The van der Waals surface area contributed by atoms with Gasteiger partial charge in [0.25, 0.3) is 0 Å². The second-order valence-corrected chi connectivity index (χ2v) is 4.70. The second kappa shape index (κ2) is 6.90. The van der Waals surface area contributed by atoms with Crippen molar-refractivity contribution < 1.29 is 0 Å². The molecule has 0 radical (unpaired) electrons. The molecule has 0 bridgehead atoms. The summed E-state index contributed by atoms with van der Waals surface area (Å²) in [6.45, 7) is 3.14. The average molecular weight is 255 g/mol. The summed E-state index contributed by atoms with van der Waals surface area (Å²) in [6, 6.07) is 12.5. The Morgan fingerprint density at radius 2 is 2.00 bits per heavy atom. The van der Waals surface area contributed by atoms with Crippen LogP contribution in [0.25, 0.3) is 0 Å². The Kier molecular flexibility index (Phi) is 4.93. The Hall–Kier alpha value is -1.87. The number of nitrogens with zero attached hydrogens (tertiary/aromatic N) is 1. The molecule has 0 saturated heterocycles. The predicted octanol–water partition coefficient (Wildman–Crippen LogP) is 2.95. The minimum atomic E-state index is 0.219. The first-order valence-corrected chi connectivity index (χ1v) is 6.78. The van der Waals surface area contributed by atoms with Crippen molar-refractivity contribution in [2.75, 3.05) is 12.3 Å². The van der Waals surface area contributed by atoms with E-state index in [0.29, 0.717) is 0 Å². The lowest BCUT2D eigenvalue weighted by molar-refractivity contribution is 0.529. The molecular formula is C16H21N3. The van der Waals surface area contributed by atoms with Crippen LogP contribution >= 0.6 is 0 Å². The molecule has 1 heterocycles. The maximum absolute atomic E-state index is 6.07. The van der Waals surface area contributed by atoms with E-state index in [9.17, 15) is 0 Å². The van der Waals surface area contributed by atoms with Crippen molar-refractivity contribution in [1.29, 1.82) is 0 Å². The van der Waals surface area contributed by atoms with Crippen LogP contribution in [-0.2, 0) is 6.42 Å². The molecule has 0 fully saturated rings. The fraction of sp³-hybridized carbons (Fsp3) is 0.312. The van der Waals surface area contributed by atoms with E-state index in [1.54, 1.807) is 6.20 Å². The summed E-state index contributed by atoms with van der Waals surface area (Å²) in [5.74, 6) is 0. The summed E-state index contributed by atoms with van der Waals surface area (Å²) >= 11 is 0. The maximum atomic E-state index is 6.07. The maximum Gasteiger partial charge on any atom is 0.0396 e. The van der Waals surface area contributed by atoms with Gasteiger partial charge in [0.1, 0.15) is 0 Å². The molecule has 1 unspecified atom stereocenters. The van der Waals surface area contributed by atoms with Crippen molar-refractivity contribution in [2.45, 2.75) is 25.8 Å². The number of hydrogen-bond donors (Lipinski definition) is 2. The lowest BCUT2D eigenvalue weighted by atomic mass is 9.99. The van der Waals surface area contributed by atoms with E-state index in [2.05, 4.69) is 41.5 Å². The molecule has 0 spiro atoms. The van der Waals surface area contributed by atoms with Gasteiger partial charge < -0.3 is 11.1 Å². The summed E-state index contributed by atoms with van der Waals surface area (Å²) in [6.07, 6.45) is 5.63. The van der Waals surface area contributed by atoms with Gasteiger partial charge >= 0.3 is 0 Å². The topological polar surface area (TPSA) is 50.9 Å². The van der Waals surface area contributed by atoms with Crippen LogP contribution in [0.4, 0.5) is 5.69 Å². The third-order valence-electron chi connectivity index (χ3n) is 3.19. The molecule has 0 saturated carbocycles. The number of rotatable bonds is 6. The van der Waals surface area contributed by atoms with Crippen LogP contribution in [0, 0.1) is 0 Å². The molecule has 2 aromatic rings. The van der Waals surface area contributed by atoms with Gasteiger partial charge in [-0.2, -0.15) is 0 Å². The van der Waals surface area contributed by atoms with Gasteiger partial charge in [0.15, 0.2) is 0 Å². The molecule has 3 N–H and O–H groups in total. The molecule has 0 aliphatic heterocycles. The van der Waals surface area contributed by atoms with Crippen LogP contribution in [0.1, 0.15) is 30.5 Å². The lowest BCUT2D eigenvalue weighted by Gasteiger charge is -2.20. The molecule has 2 rings (SSSR count). The minimum absolute atomic E-state index is 0.219. The standard InChI is InChI=1S/C16H21N3/c1-2-9-19-16(11-13-6-4-3-5-7-13)14-12-18-10-8-15(14)17/h3-8,10,12,16,19H,2,9,11H2,1H3,(H2,17,18). The Bertz CT molecular complexity index is 496. The van der Waals surface area contributed by atoms with E-state index in [4.69, 9.17) is 5.73 Å². The summed E-state index contributed by atoms with van der Waals surface area (Å²) in [7, 11) is 0. The van der Waals surface area contributed by atoms with Crippen LogP contribution in [-0.4, -0.2) is 11.5 Å². The normalized spacial score (nSPS) is 12.3. The highest BCUT2D eigenvalue weighted by Crippen LogP contribution is 2.22. The number of benzene rings is 1. The number of anilines is 1. The molecule has 3 heteroatoms. The van der Waals surface area contributed by atoms with Crippen LogP contribution in [0.15, 0.2) is 48.8 Å². The molecule has 1 aromatic carbocycles. The van der Waals surface area contributed by atoms with Crippen molar-refractivity contribution in [1.82, 2.24) is 10.3 Å². The molecule has 0 aliphatic rings. The Balaban J connectivity index is 2.19. The van der Waals surface area contributed by atoms with E-state index >= 15 is 0 Å². The zero-order valence-corrected chi connectivity index (χ0v) is 11.3. The molecule has 19 heavy (non-hydrogen) atoms. The number of nitrogen functional groups attached to an aromatic ring is 1. The van der Waals surface area contributed by atoms with Crippen molar-refractivity contribution in [3.63, 3.8) is 0 Å². The fourth-order valence-electron chi connectivity index (χ4n) is 2.17. The predicted molar refractivity (Wildman–Crippen MR) is 79.8 cm³/mol. The van der Waals surface area contributed by atoms with Crippen LogP contribution < -0.4 is 11.1 Å². The van der Waals surface area contributed by atoms with Gasteiger partial charge in [0.05, 0.1) is 0 Å². The van der Waals surface area contributed by atoms with Crippen molar-refractivity contribution in [2.24, 2.45) is 0 Å². The molecule has 0 amide bonds. The fourth-order valence-corrected chi connectivity index (χ4v) is 2.17. The number of aromatic nitrogens is 1. The molecule has 100 valence electrons. The summed E-state index contributed by atoms with van der Waals surface area (Å²) < 4.78 is 0. The number of pyridine rings is 1. The van der Waals surface area contributed by atoms with E-state index in [1.807, 2.05) is 18.3 Å². The molecule has 1 atom stereocenters. The lowest BCUT2D eigenvalue weighted by Crippen LogP contribution is -2.25. The van der Waals surface area contributed by atoms with Crippen LogP contribution in [0.3, 0.4) is 0 Å². The van der Waals surface area contributed by atoms with E-state index in [0.717, 1.165) is 30.6 Å². The third kappa shape index (κ3) is 3.80. The zero-order valence-electron chi connectivity index (χ0n) is 11.3. The molecule has 1 aromatic heterocycles. The largest absolute Gasteiger partial charge is 0.398 e. The molecular weight excluding hydrogens is 234 g/mol. The first-order valence-electron chi connectivity index (χ1n) is 6.78. The smallest absolute Gasteiger partial charge is 0.0396 e. The average Bonchev–Trinajstić information content (AvgIpc) is 2.45. The minimum Gasteiger partial charge on any atom is -0.398 e. The van der Waals surface area contributed by atoms with Gasteiger partial charge in [-0.1, -0.05) is 37.3 Å². The highest BCUT2D eigenvalue weighted by molar-refractivity contribution is 5.46. The summed E-state index contributed by atoms with van der Waals surface area (Å²) in [5.41, 5.74) is 9.26. The van der Waals surface area contributed by atoms with Gasteiger partial charge in [-0.15, -0.1) is 0 Å². The van der Waals surface area contributed by atoms with E-state index < -0.39 is 0 Å². The van der Waals surface area contributed by atoms with Crippen LogP contribution in [0.2, 0.25) is 0 Å². The first kappa shape index (κ1) is 13.6. The van der Waals surface area contributed by atoms with Gasteiger partial charge in [-0.25, -0.2) is 0 Å². The highest BCUT2D eigenvalue weighted by Gasteiger charge is 2.14. The van der Waals surface area contributed by atoms with E-state index in [1.165, 1.54) is 5.56 Å². The summed E-state index contributed by atoms with van der Waals surface area (Å²) in [4.78, 5) is 4.20. The van der Waals surface area contributed by atoms with Gasteiger partial charge in [0, 0.05) is 29.7 Å². The third-order valence-corrected chi connectivity index (χ3v) is 3.19. The van der Waals surface area contributed by atoms with Crippen molar-refractivity contribution >= 4 is 5.69 Å². The Morgan fingerprint density at radius 1 is 1.21 bits per heavy atom. The van der Waals surface area contributed by atoms with Crippen LogP contribution in [0.5, 0.6) is 0 Å². The van der Waals surface area contributed by atoms with Crippen molar-refractivity contribution in [3.8, 4) is 0 Å². The highest BCUT2D eigenvalue weighted by atomic mass is 14.9. The molecule has 3 nitrogen and oxygen atoms in total. The molecule has 0 aliphatic carbocycles. The van der Waals surface area contributed by atoms with Gasteiger partial charge in [0.2, 0.25) is 0 Å². The Labute approximate surface area is 114 Å². The quantitative estimate of drug-likeness (QED) is 0.834. The zero-order chi connectivity index (χ0) is 13.5.